The van der Waals surface area contributed by atoms with E-state index in [1.165, 1.54) is 12.5 Å². The summed E-state index contributed by atoms with van der Waals surface area (Å²) in [6, 6.07) is 4.73. The first kappa shape index (κ1) is 15.0. The van der Waals surface area contributed by atoms with Crippen LogP contribution in [0.5, 0.6) is 0 Å². The van der Waals surface area contributed by atoms with Gasteiger partial charge in [0.1, 0.15) is 0 Å². The quantitative estimate of drug-likeness (QED) is 0.859. The summed E-state index contributed by atoms with van der Waals surface area (Å²) in [5.74, 6) is 0.449. The third-order valence-corrected chi connectivity index (χ3v) is 6.20. The molecule has 0 spiro atoms. The van der Waals surface area contributed by atoms with E-state index in [0.717, 1.165) is 12.8 Å². The van der Waals surface area contributed by atoms with Crippen molar-refractivity contribution >= 4 is 26.0 Å². The molecule has 0 radical (unpaired) electrons. The molecule has 1 unspecified atom stereocenters. The average molecular weight is 348 g/mol. The normalized spacial score (nSPS) is 18.1. The molecule has 1 saturated carbocycles. The predicted molar refractivity (Wildman–Crippen MR) is 77.2 cm³/mol. The highest BCUT2D eigenvalue weighted by Gasteiger charge is 2.28. The summed E-state index contributed by atoms with van der Waals surface area (Å²) in [4.78, 5) is 0.218. The maximum absolute atomic E-state index is 12.3. The summed E-state index contributed by atoms with van der Waals surface area (Å²) in [6.07, 6.45) is 3.37. The van der Waals surface area contributed by atoms with Crippen molar-refractivity contribution in [2.24, 2.45) is 5.92 Å². The van der Waals surface area contributed by atoms with E-state index in [2.05, 4.69) is 20.7 Å². The molecule has 0 aromatic heterocycles. The van der Waals surface area contributed by atoms with Crippen molar-refractivity contribution in [1.82, 2.24) is 4.72 Å². The number of rotatable bonds is 5. The van der Waals surface area contributed by atoms with E-state index >= 15 is 0 Å². The van der Waals surface area contributed by atoms with Gasteiger partial charge in [-0.25, -0.2) is 13.1 Å². The maximum Gasteiger partial charge on any atom is 0.241 e. The van der Waals surface area contributed by atoms with Crippen molar-refractivity contribution in [3.63, 3.8) is 0 Å². The van der Waals surface area contributed by atoms with Crippen molar-refractivity contribution in [2.75, 3.05) is 0 Å². The van der Waals surface area contributed by atoms with Gasteiger partial charge in [0.2, 0.25) is 10.0 Å². The van der Waals surface area contributed by atoms with Gasteiger partial charge in [-0.1, -0.05) is 12.5 Å². The van der Waals surface area contributed by atoms with Crippen molar-refractivity contribution in [2.45, 2.75) is 43.7 Å². The lowest BCUT2D eigenvalue weighted by Crippen LogP contribution is -2.40. The zero-order valence-electron chi connectivity index (χ0n) is 10.8. The molecule has 4 nitrogen and oxygen atoms in total. The molecule has 1 aromatic carbocycles. The van der Waals surface area contributed by atoms with Gasteiger partial charge in [0.05, 0.1) is 11.5 Å². The van der Waals surface area contributed by atoms with Gasteiger partial charge in [-0.2, -0.15) is 0 Å². The van der Waals surface area contributed by atoms with E-state index in [1.54, 1.807) is 12.1 Å². The van der Waals surface area contributed by atoms with E-state index in [4.69, 9.17) is 5.11 Å². The lowest BCUT2D eigenvalue weighted by atomic mass is 9.81. The summed E-state index contributed by atoms with van der Waals surface area (Å²) in [6.45, 7) is 1.81. The molecule has 0 amide bonds. The minimum Gasteiger partial charge on any atom is -0.392 e. The highest BCUT2D eigenvalue weighted by atomic mass is 79.9. The molecule has 0 bridgehead atoms. The Kier molecular flexibility index (Phi) is 4.66. The monoisotopic (exact) mass is 347 g/mol. The fraction of sp³-hybridized carbons (Fsp3) is 0.538. The summed E-state index contributed by atoms with van der Waals surface area (Å²) < 4.78 is 27.8. The third-order valence-electron chi connectivity index (χ3n) is 3.67. The molecular weight excluding hydrogens is 330 g/mol. The summed E-state index contributed by atoms with van der Waals surface area (Å²) >= 11 is 3.25. The molecule has 0 aliphatic heterocycles. The number of aliphatic hydroxyl groups is 1. The van der Waals surface area contributed by atoms with Gasteiger partial charge in [-0.05, 0) is 59.3 Å². The molecular formula is C13H18BrNO3S. The molecule has 1 aliphatic carbocycles. The van der Waals surface area contributed by atoms with Crippen LogP contribution in [0.25, 0.3) is 0 Å². The average Bonchev–Trinajstić information content (AvgIpc) is 2.24. The van der Waals surface area contributed by atoms with E-state index in [-0.39, 0.29) is 17.5 Å². The molecule has 2 N–H and O–H groups in total. The van der Waals surface area contributed by atoms with Crippen molar-refractivity contribution in [3.05, 3.63) is 28.2 Å². The van der Waals surface area contributed by atoms with Gasteiger partial charge in [-0.15, -0.1) is 0 Å². The van der Waals surface area contributed by atoms with E-state index in [0.29, 0.717) is 16.0 Å². The molecule has 0 saturated heterocycles. The molecule has 6 heteroatoms. The van der Waals surface area contributed by atoms with Crippen molar-refractivity contribution in [3.8, 4) is 0 Å². The predicted octanol–water partition coefficient (Wildman–Crippen LogP) is 2.41. The largest absolute Gasteiger partial charge is 0.392 e. The van der Waals surface area contributed by atoms with Gasteiger partial charge >= 0.3 is 0 Å². The zero-order chi connectivity index (χ0) is 14.0. The Balaban J connectivity index is 2.18. The Morgan fingerprint density at radius 1 is 1.47 bits per heavy atom. The number of aliphatic hydroxyl groups excluding tert-OH is 1. The molecule has 1 fully saturated rings. The van der Waals surface area contributed by atoms with Crippen LogP contribution in [-0.2, 0) is 16.6 Å². The minimum absolute atomic E-state index is 0.0387. The maximum atomic E-state index is 12.3. The lowest BCUT2D eigenvalue weighted by molar-refractivity contribution is 0.260. The molecule has 1 aliphatic rings. The first-order valence-electron chi connectivity index (χ1n) is 6.35. The number of halogens is 1. The van der Waals surface area contributed by atoms with E-state index < -0.39 is 10.0 Å². The molecule has 1 atom stereocenters. The SMILES string of the molecule is CC(NS(=O)(=O)c1ccc(CO)cc1Br)C1CCC1. The van der Waals surface area contributed by atoms with E-state index in [1.807, 2.05) is 6.92 Å². The van der Waals surface area contributed by atoms with Crippen molar-refractivity contribution < 1.29 is 13.5 Å². The smallest absolute Gasteiger partial charge is 0.241 e. The number of sulfonamides is 1. The van der Waals surface area contributed by atoms with Gasteiger partial charge in [-0.3, -0.25) is 0 Å². The van der Waals surface area contributed by atoms with Gasteiger partial charge in [0.25, 0.3) is 0 Å². The van der Waals surface area contributed by atoms with Gasteiger partial charge in [0.15, 0.2) is 0 Å². The number of hydrogen-bond donors (Lipinski definition) is 2. The van der Waals surface area contributed by atoms with Crippen LogP contribution in [0.15, 0.2) is 27.6 Å². The summed E-state index contributed by atoms with van der Waals surface area (Å²) in [5, 5.41) is 9.03. The summed E-state index contributed by atoms with van der Waals surface area (Å²) in [7, 11) is -3.51. The second-order valence-electron chi connectivity index (χ2n) is 5.02. The topological polar surface area (TPSA) is 66.4 Å². The van der Waals surface area contributed by atoms with Crippen LogP contribution in [0.3, 0.4) is 0 Å². The van der Waals surface area contributed by atoms with Crippen LogP contribution in [0, 0.1) is 5.92 Å². The number of nitrogens with one attached hydrogen (secondary N) is 1. The molecule has 0 heterocycles. The number of hydrogen-bond acceptors (Lipinski definition) is 3. The second-order valence-corrected chi connectivity index (χ2v) is 7.56. The first-order chi connectivity index (χ1) is 8.94. The summed E-state index contributed by atoms with van der Waals surface area (Å²) in [5.41, 5.74) is 0.679. The zero-order valence-corrected chi connectivity index (χ0v) is 13.2. The lowest BCUT2D eigenvalue weighted by Gasteiger charge is -2.31. The Labute approximate surface area is 122 Å². The standard InChI is InChI=1S/C13H18BrNO3S/c1-9(11-3-2-4-11)15-19(17,18)13-6-5-10(8-16)7-12(13)14/h5-7,9,11,15-16H,2-4,8H2,1H3. The Hall–Kier alpha value is -0.430. The highest BCUT2D eigenvalue weighted by Crippen LogP contribution is 2.31. The third kappa shape index (κ3) is 3.37. The molecule has 2 rings (SSSR count). The molecule has 1 aromatic rings. The minimum atomic E-state index is -3.51. The fourth-order valence-corrected chi connectivity index (χ4v) is 4.64. The Bertz CT molecular complexity index is 555. The van der Waals surface area contributed by atoms with Crippen LogP contribution in [0.1, 0.15) is 31.7 Å². The van der Waals surface area contributed by atoms with Crippen LogP contribution < -0.4 is 4.72 Å². The van der Waals surface area contributed by atoms with E-state index in [9.17, 15) is 8.42 Å². The fourth-order valence-electron chi connectivity index (χ4n) is 2.20. The van der Waals surface area contributed by atoms with Crippen LogP contribution in [-0.4, -0.2) is 19.6 Å². The molecule has 19 heavy (non-hydrogen) atoms. The van der Waals surface area contributed by atoms with Gasteiger partial charge in [0, 0.05) is 10.5 Å². The molecule has 106 valence electrons. The first-order valence-corrected chi connectivity index (χ1v) is 8.63. The Morgan fingerprint density at radius 3 is 2.63 bits per heavy atom. The van der Waals surface area contributed by atoms with Gasteiger partial charge < -0.3 is 5.11 Å². The second kappa shape index (κ2) is 5.91. The highest BCUT2D eigenvalue weighted by molar-refractivity contribution is 9.10. The van der Waals surface area contributed by atoms with Crippen molar-refractivity contribution in [1.29, 1.82) is 0 Å². The van der Waals surface area contributed by atoms with Crippen LogP contribution >= 0.6 is 15.9 Å². The number of benzene rings is 1. The van der Waals surface area contributed by atoms with Crippen LogP contribution in [0.2, 0.25) is 0 Å². The Morgan fingerprint density at radius 2 is 2.16 bits per heavy atom. The van der Waals surface area contributed by atoms with Crippen LogP contribution in [0.4, 0.5) is 0 Å².